The van der Waals surface area contributed by atoms with Gasteiger partial charge in [-0.3, -0.25) is 4.98 Å². The van der Waals surface area contributed by atoms with Crippen LogP contribution in [0.4, 0.5) is 11.5 Å². The highest BCUT2D eigenvalue weighted by atomic mass is 35.5. The summed E-state index contributed by atoms with van der Waals surface area (Å²) in [5.74, 6) is -0.378. The standard InChI is InChI=1S/C26H22ClN7O2/c1-14-9-17(15(2)30-19-6-7-22(27)32-24(19)26(35)36)23-20(10-14)31-21(11-28)25(33-23)34-12-16(13-34)18-5-3-4-8-29-18/h3-10,15-16,30H,12-13H2,1-2H3,(H,35,36)/t15-/m1/s1. The average Bonchev–Trinajstić information content (AvgIpc) is 2.84. The number of nitrogens with zero attached hydrogens (tertiary/aromatic N) is 6. The molecule has 3 aromatic heterocycles. The van der Waals surface area contributed by atoms with Crippen LogP contribution in [0.5, 0.6) is 0 Å². The molecule has 1 aliphatic rings. The molecule has 0 bridgehead atoms. The van der Waals surface area contributed by atoms with Gasteiger partial charge in [0.25, 0.3) is 0 Å². The topological polar surface area (TPSA) is 128 Å². The zero-order valence-corrected chi connectivity index (χ0v) is 20.4. The van der Waals surface area contributed by atoms with Crippen LogP contribution >= 0.6 is 11.6 Å². The number of benzene rings is 1. The van der Waals surface area contributed by atoms with Gasteiger partial charge in [0.1, 0.15) is 11.2 Å². The van der Waals surface area contributed by atoms with Crippen LogP contribution in [0.15, 0.2) is 48.7 Å². The van der Waals surface area contributed by atoms with Crippen molar-refractivity contribution in [3.8, 4) is 6.07 Å². The fourth-order valence-electron chi connectivity index (χ4n) is 4.43. The number of hydrogen-bond donors (Lipinski definition) is 2. The molecule has 0 radical (unpaired) electrons. The van der Waals surface area contributed by atoms with E-state index in [0.29, 0.717) is 35.6 Å². The number of fused-ring (bicyclic) bond motifs is 1. The Morgan fingerprint density at radius 3 is 2.72 bits per heavy atom. The van der Waals surface area contributed by atoms with E-state index in [4.69, 9.17) is 16.6 Å². The number of nitriles is 1. The highest BCUT2D eigenvalue weighted by Crippen LogP contribution is 2.34. The lowest BCUT2D eigenvalue weighted by Gasteiger charge is -2.40. The Bertz CT molecular complexity index is 1510. The Morgan fingerprint density at radius 2 is 2.03 bits per heavy atom. The van der Waals surface area contributed by atoms with Crippen molar-refractivity contribution < 1.29 is 9.90 Å². The highest BCUT2D eigenvalue weighted by Gasteiger charge is 2.32. The first-order valence-corrected chi connectivity index (χ1v) is 11.8. The maximum Gasteiger partial charge on any atom is 0.356 e. The zero-order valence-electron chi connectivity index (χ0n) is 19.6. The maximum absolute atomic E-state index is 11.7. The largest absolute Gasteiger partial charge is 0.476 e. The zero-order chi connectivity index (χ0) is 25.4. The highest BCUT2D eigenvalue weighted by molar-refractivity contribution is 6.29. The summed E-state index contributed by atoms with van der Waals surface area (Å²) in [6, 6.07) is 14.7. The average molecular weight is 500 g/mol. The Labute approximate surface area is 212 Å². The molecule has 0 spiro atoms. The van der Waals surface area contributed by atoms with Gasteiger partial charge in [0.2, 0.25) is 0 Å². The van der Waals surface area contributed by atoms with Crippen LogP contribution < -0.4 is 10.2 Å². The molecule has 2 N–H and O–H groups in total. The predicted molar refractivity (Wildman–Crippen MR) is 136 cm³/mol. The van der Waals surface area contributed by atoms with Crippen molar-refractivity contribution in [3.63, 3.8) is 0 Å². The van der Waals surface area contributed by atoms with E-state index in [2.05, 4.69) is 26.3 Å². The van der Waals surface area contributed by atoms with Crippen LogP contribution in [0, 0.1) is 18.3 Å². The van der Waals surface area contributed by atoms with Crippen molar-refractivity contribution in [3.05, 3.63) is 82.0 Å². The first-order chi connectivity index (χ1) is 17.3. The number of aromatic carboxylic acids is 1. The lowest BCUT2D eigenvalue weighted by atomic mass is 9.95. The summed E-state index contributed by atoms with van der Waals surface area (Å²) in [6.07, 6.45) is 1.78. The molecule has 10 heteroatoms. The molecule has 1 fully saturated rings. The number of nitrogens with one attached hydrogen (secondary N) is 1. The third kappa shape index (κ3) is 4.39. The van der Waals surface area contributed by atoms with E-state index in [0.717, 1.165) is 16.8 Å². The number of pyridine rings is 2. The van der Waals surface area contributed by atoms with E-state index in [1.165, 1.54) is 6.07 Å². The van der Waals surface area contributed by atoms with Crippen molar-refractivity contribution in [1.82, 2.24) is 19.9 Å². The fraction of sp³-hybridized carbons (Fsp3) is 0.231. The van der Waals surface area contributed by atoms with Gasteiger partial charge in [0.05, 0.1) is 22.8 Å². The van der Waals surface area contributed by atoms with Gasteiger partial charge in [0.15, 0.2) is 17.2 Å². The summed E-state index contributed by atoms with van der Waals surface area (Å²) < 4.78 is 0. The number of aromatic nitrogens is 4. The summed E-state index contributed by atoms with van der Waals surface area (Å²) in [7, 11) is 0. The second-order valence-corrected chi connectivity index (χ2v) is 9.17. The lowest BCUT2D eigenvalue weighted by molar-refractivity contribution is 0.0691. The predicted octanol–water partition coefficient (Wildman–Crippen LogP) is 4.73. The van der Waals surface area contributed by atoms with Gasteiger partial charge in [-0.15, -0.1) is 0 Å². The van der Waals surface area contributed by atoms with Gasteiger partial charge in [-0.25, -0.2) is 19.7 Å². The number of aryl methyl sites for hydroxylation is 1. The van der Waals surface area contributed by atoms with E-state index >= 15 is 0 Å². The van der Waals surface area contributed by atoms with E-state index in [1.807, 2.05) is 49.1 Å². The Balaban J connectivity index is 1.51. The normalized spacial score (nSPS) is 14.2. The summed E-state index contributed by atoms with van der Waals surface area (Å²) in [5, 5.41) is 22.7. The Hall–Kier alpha value is -4.29. The molecule has 1 aromatic carbocycles. The van der Waals surface area contributed by atoms with Gasteiger partial charge in [0, 0.05) is 36.5 Å². The quantitative estimate of drug-likeness (QED) is 0.362. The molecule has 5 rings (SSSR count). The van der Waals surface area contributed by atoms with Gasteiger partial charge < -0.3 is 15.3 Å². The first-order valence-electron chi connectivity index (χ1n) is 11.4. The molecule has 9 nitrogen and oxygen atoms in total. The number of carbonyl (C=O) groups is 1. The lowest BCUT2D eigenvalue weighted by Crippen LogP contribution is -2.46. The van der Waals surface area contributed by atoms with E-state index < -0.39 is 5.97 Å². The minimum Gasteiger partial charge on any atom is -0.476 e. The molecule has 4 heterocycles. The number of carboxylic acids is 1. The molecule has 1 saturated heterocycles. The minimum absolute atomic E-state index is 0.102. The smallest absolute Gasteiger partial charge is 0.356 e. The second-order valence-electron chi connectivity index (χ2n) is 8.79. The van der Waals surface area contributed by atoms with Crippen LogP contribution in [0.1, 0.15) is 51.9 Å². The van der Waals surface area contributed by atoms with E-state index in [9.17, 15) is 15.2 Å². The summed E-state index contributed by atoms with van der Waals surface area (Å²) in [6.45, 7) is 5.24. The van der Waals surface area contributed by atoms with Crippen molar-refractivity contribution >= 4 is 40.1 Å². The molecule has 0 amide bonds. The third-order valence-electron chi connectivity index (χ3n) is 6.22. The van der Waals surface area contributed by atoms with Gasteiger partial charge in [-0.2, -0.15) is 5.26 Å². The molecule has 36 heavy (non-hydrogen) atoms. The SMILES string of the molecule is Cc1cc([C@@H](C)Nc2ccc(Cl)nc2C(=O)O)c2nc(N3CC(c4ccccn4)C3)c(C#N)nc2c1. The summed E-state index contributed by atoms with van der Waals surface area (Å²) >= 11 is 5.90. The Morgan fingerprint density at radius 1 is 1.22 bits per heavy atom. The molecule has 0 unspecified atom stereocenters. The van der Waals surface area contributed by atoms with Crippen molar-refractivity contribution in [2.24, 2.45) is 0 Å². The van der Waals surface area contributed by atoms with E-state index in [1.54, 1.807) is 12.3 Å². The number of carboxylic acid groups (broad SMARTS) is 1. The van der Waals surface area contributed by atoms with Crippen LogP contribution in [0.25, 0.3) is 11.0 Å². The van der Waals surface area contributed by atoms with Crippen LogP contribution in [0.2, 0.25) is 5.15 Å². The molecular weight excluding hydrogens is 478 g/mol. The number of anilines is 2. The van der Waals surface area contributed by atoms with Gasteiger partial charge in [-0.05, 0) is 49.7 Å². The molecule has 0 saturated carbocycles. The van der Waals surface area contributed by atoms with Crippen molar-refractivity contribution in [2.75, 3.05) is 23.3 Å². The fourth-order valence-corrected chi connectivity index (χ4v) is 4.58. The van der Waals surface area contributed by atoms with Gasteiger partial charge in [-0.1, -0.05) is 23.7 Å². The van der Waals surface area contributed by atoms with Gasteiger partial charge >= 0.3 is 5.97 Å². The molecule has 1 aliphatic heterocycles. The van der Waals surface area contributed by atoms with Crippen LogP contribution in [0.3, 0.4) is 0 Å². The summed E-state index contributed by atoms with van der Waals surface area (Å²) in [4.78, 5) is 31.6. The van der Waals surface area contributed by atoms with E-state index in [-0.39, 0.29) is 28.5 Å². The molecular formula is C26H22ClN7O2. The molecule has 180 valence electrons. The molecule has 0 aliphatic carbocycles. The second kappa shape index (κ2) is 9.40. The number of rotatable bonds is 6. The van der Waals surface area contributed by atoms with Crippen LogP contribution in [-0.4, -0.2) is 44.1 Å². The van der Waals surface area contributed by atoms with Crippen molar-refractivity contribution in [1.29, 1.82) is 5.26 Å². The summed E-state index contributed by atoms with van der Waals surface area (Å²) in [5.41, 5.74) is 4.50. The molecule has 1 atom stereocenters. The third-order valence-corrected chi connectivity index (χ3v) is 6.43. The number of hydrogen-bond acceptors (Lipinski definition) is 8. The molecule has 4 aromatic rings. The van der Waals surface area contributed by atoms with Crippen molar-refractivity contribution in [2.45, 2.75) is 25.8 Å². The first kappa shape index (κ1) is 23.5. The Kier molecular flexibility index (Phi) is 6.12. The number of halogens is 1. The maximum atomic E-state index is 11.7. The monoisotopic (exact) mass is 499 g/mol. The van der Waals surface area contributed by atoms with Crippen LogP contribution in [-0.2, 0) is 0 Å². The minimum atomic E-state index is -1.18.